The fraction of sp³-hybridized carbons (Fsp3) is 0.938. The fourth-order valence-electron chi connectivity index (χ4n) is 5.69. The summed E-state index contributed by atoms with van der Waals surface area (Å²) in [5.74, 6) is 3.49. The third kappa shape index (κ3) is 1.73. The first-order valence-corrected chi connectivity index (χ1v) is 8.72. The first-order valence-electron chi connectivity index (χ1n) is 7.97. The van der Waals surface area contributed by atoms with E-state index in [1.54, 1.807) is 0 Å². The molecular weight excluding hydrogens is 293 g/mol. The average molecular weight is 316 g/mol. The van der Waals surface area contributed by atoms with E-state index in [1.807, 2.05) is 18.9 Å². The van der Waals surface area contributed by atoms with Gasteiger partial charge in [-0.3, -0.25) is 4.79 Å². The Balaban J connectivity index is 1.55. The second-order valence-corrected chi connectivity index (χ2v) is 9.53. The number of alkyl halides is 2. The Hall–Kier alpha value is 0.0500. The maximum Gasteiger partial charge on any atom is 0.231 e. The standard InChI is InChI=1S/C16H23Cl2NO/c1-15(8-16(15,17)18)14(20)19(2)13-11-4-9-3-10(6-11)7-12(13)5-9/h9-13H,3-8H2,1-2H3. The largest absolute Gasteiger partial charge is 0.342 e. The molecule has 0 aliphatic heterocycles. The minimum atomic E-state index is -0.843. The molecule has 112 valence electrons. The first kappa shape index (κ1) is 13.7. The molecule has 5 rings (SSSR count). The molecule has 0 aromatic carbocycles. The molecule has 0 radical (unpaired) electrons. The van der Waals surface area contributed by atoms with Crippen molar-refractivity contribution < 1.29 is 4.79 Å². The predicted molar refractivity (Wildman–Crippen MR) is 80.8 cm³/mol. The monoisotopic (exact) mass is 315 g/mol. The fourth-order valence-corrected chi connectivity index (χ4v) is 6.38. The van der Waals surface area contributed by atoms with Crippen molar-refractivity contribution in [1.82, 2.24) is 4.90 Å². The van der Waals surface area contributed by atoms with Gasteiger partial charge < -0.3 is 4.90 Å². The minimum absolute atomic E-state index is 0.167. The molecule has 2 nitrogen and oxygen atoms in total. The zero-order valence-electron chi connectivity index (χ0n) is 12.2. The molecule has 5 saturated carbocycles. The minimum Gasteiger partial charge on any atom is -0.342 e. The van der Waals surface area contributed by atoms with Crippen LogP contribution in [-0.2, 0) is 4.79 Å². The van der Waals surface area contributed by atoms with Crippen LogP contribution in [0.5, 0.6) is 0 Å². The summed E-state index contributed by atoms with van der Waals surface area (Å²) < 4.78 is -0.843. The van der Waals surface area contributed by atoms with Crippen LogP contribution >= 0.6 is 23.2 Å². The maximum absolute atomic E-state index is 12.8. The molecule has 0 spiro atoms. The molecule has 0 N–H and O–H groups in total. The molecular formula is C16H23Cl2NO. The zero-order valence-corrected chi connectivity index (χ0v) is 13.8. The van der Waals surface area contributed by atoms with Crippen LogP contribution < -0.4 is 0 Å². The summed E-state index contributed by atoms with van der Waals surface area (Å²) in [4.78, 5) is 14.9. The van der Waals surface area contributed by atoms with Crippen LogP contribution in [-0.4, -0.2) is 28.2 Å². The Morgan fingerprint density at radius 3 is 1.90 bits per heavy atom. The van der Waals surface area contributed by atoms with Gasteiger partial charge >= 0.3 is 0 Å². The van der Waals surface area contributed by atoms with Crippen molar-refractivity contribution in [2.45, 2.75) is 55.8 Å². The summed E-state index contributed by atoms with van der Waals surface area (Å²) in [5, 5.41) is 0. The second-order valence-electron chi connectivity index (χ2n) is 8.05. The summed E-state index contributed by atoms with van der Waals surface area (Å²) in [6.45, 7) is 1.92. The average Bonchev–Trinajstić information content (AvgIpc) is 2.87. The van der Waals surface area contributed by atoms with Gasteiger partial charge in [0, 0.05) is 13.1 Å². The van der Waals surface area contributed by atoms with Gasteiger partial charge in [-0.1, -0.05) is 0 Å². The van der Waals surface area contributed by atoms with Gasteiger partial charge in [0.1, 0.15) is 4.33 Å². The van der Waals surface area contributed by atoms with Gasteiger partial charge in [0.05, 0.1) is 5.41 Å². The number of hydrogen-bond donors (Lipinski definition) is 0. The van der Waals surface area contributed by atoms with Gasteiger partial charge in [-0.05, 0) is 69.1 Å². The Labute approximate surface area is 131 Å². The number of carbonyl (C=O) groups excluding carboxylic acids is 1. The van der Waals surface area contributed by atoms with Crippen molar-refractivity contribution in [3.8, 4) is 0 Å². The van der Waals surface area contributed by atoms with Crippen molar-refractivity contribution in [1.29, 1.82) is 0 Å². The molecule has 0 saturated heterocycles. The first-order chi connectivity index (χ1) is 9.32. The van der Waals surface area contributed by atoms with Gasteiger partial charge in [-0.2, -0.15) is 0 Å². The van der Waals surface area contributed by atoms with Crippen molar-refractivity contribution in [3.05, 3.63) is 0 Å². The molecule has 0 aromatic heterocycles. The highest BCUT2D eigenvalue weighted by molar-refractivity contribution is 6.53. The van der Waals surface area contributed by atoms with E-state index in [0.29, 0.717) is 12.5 Å². The van der Waals surface area contributed by atoms with Gasteiger partial charge in [-0.15, -0.1) is 23.2 Å². The highest BCUT2D eigenvalue weighted by Gasteiger charge is 2.69. The summed E-state index contributed by atoms with van der Waals surface area (Å²) in [6.07, 6.45) is 7.37. The van der Waals surface area contributed by atoms with Crippen LogP contribution in [0, 0.1) is 29.1 Å². The summed E-state index contributed by atoms with van der Waals surface area (Å²) >= 11 is 12.4. The lowest BCUT2D eigenvalue weighted by Crippen LogP contribution is -2.57. The second kappa shape index (κ2) is 4.07. The SMILES string of the molecule is CN(C(=O)C1(C)CC1(Cl)Cl)C1C2CC3CC(C2)CC1C3. The molecule has 4 heteroatoms. The van der Waals surface area contributed by atoms with Crippen LogP contribution in [0.1, 0.15) is 45.4 Å². The van der Waals surface area contributed by atoms with Crippen molar-refractivity contribution in [3.63, 3.8) is 0 Å². The summed E-state index contributed by atoms with van der Waals surface area (Å²) in [5.41, 5.74) is -0.556. The lowest BCUT2D eigenvalue weighted by Gasteiger charge is -2.56. The molecule has 1 unspecified atom stereocenters. The quantitative estimate of drug-likeness (QED) is 0.709. The Kier molecular flexibility index (Phi) is 2.79. The predicted octanol–water partition coefficient (Wildman–Crippen LogP) is 3.85. The maximum atomic E-state index is 12.8. The topological polar surface area (TPSA) is 20.3 Å². The van der Waals surface area contributed by atoms with Crippen LogP contribution in [0.3, 0.4) is 0 Å². The van der Waals surface area contributed by atoms with E-state index in [-0.39, 0.29) is 5.91 Å². The van der Waals surface area contributed by atoms with E-state index in [0.717, 1.165) is 23.7 Å². The molecule has 5 aliphatic rings. The Bertz CT molecular complexity index is 435. The lowest BCUT2D eigenvalue weighted by molar-refractivity contribution is -0.146. The van der Waals surface area contributed by atoms with E-state index in [4.69, 9.17) is 23.2 Å². The van der Waals surface area contributed by atoms with Crippen LogP contribution in [0.2, 0.25) is 0 Å². The molecule has 1 amide bonds. The van der Waals surface area contributed by atoms with Crippen LogP contribution in [0.25, 0.3) is 0 Å². The third-order valence-electron chi connectivity index (χ3n) is 6.67. The smallest absolute Gasteiger partial charge is 0.231 e. The zero-order chi connectivity index (χ0) is 14.3. The number of amides is 1. The molecule has 5 aliphatic carbocycles. The number of halogens is 2. The van der Waals surface area contributed by atoms with E-state index >= 15 is 0 Å². The number of carbonyl (C=O) groups is 1. The van der Waals surface area contributed by atoms with Gasteiger partial charge in [0.2, 0.25) is 5.91 Å². The molecule has 20 heavy (non-hydrogen) atoms. The van der Waals surface area contributed by atoms with E-state index in [2.05, 4.69) is 0 Å². The highest BCUT2D eigenvalue weighted by atomic mass is 35.5. The lowest BCUT2D eigenvalue weighted by atomic mass is 9.54. The molecule has 0 heterocycles. The van der Waals surface area contributed by atoms with E-state index < -0.39 is 9.75 Å². The molecule has 0 aromatic rings. The molecule has 5 fully saturated rings. The summed E-state index contributed by atoms with van der Waals surface area (Å²) in [6, 6.07) is 0.442. The van der Waals surface area contributed by atoms with Gasteiger partial charge in [0.25, 0.3) is 0 Å². The molecule has 1 atom stereocenters. The Morgan fingerprint density at radius 2 is 1.50 bits per heavy atom. The van der Waals surface area contributed by atoms with Crippen molar-refractivity contribution in [2.75, 3.05) is 7.05 Å². The van der Waals surface area contributed by atoms with E-state index in [9.17, 15) is 4.79 Å². The Morgan fingerprint density at radius 1 is 1.05 bits per heavy atom. The van der Waals surface area contributed by atoms with E-state index in [1.165, 1.54) is 32.1 Å². The highest BCUT2D eigenvalue weighted by Crippen LogP contribution is 2.65. The van der Waals surface area contributed by atoms with Crippen LogP contribution in [0.4, 0.5) is 0 Å². The molecule has 4 bridgehead atoms. The number of nitrogens with zero attached hydrogens (tertiary/aromatic N) is 1. The van der Waals surface area contributed by atoms with Gasteiger partial charge in [0.15, 0.2) is 0 Å². The summed E-state index contributed by atoms with van der Waals surface area (Å²) in [7, 11) is 1.99. The van der Waals surface area contributed by atoms with Crippen LogP contribution in [0.15, 0.2) is 0 Å². The van der Waals surface area contributed by atoms with Crippen molar-refractivity contribution in [2.24, 2.45) is 29.1 Å². The number of rotatable bonds is 2. The third-order valence-corrected chi connectivity index (χ3v) is 7.78. The number of hydrogen-bond acceptors (Lipinski definition) is 1. The normalized spacial score (nSPS) is 51.1. The van der Waals surface area contributed by atoms with Crippen molar-refractivity contribution >= 4 is 29.1 Å². The van der Waals surface area contributed by atoms with Gasteiger partial charge in [-0.25, -0.2) is 0 Å².